The molecule has 0 spiro atoms. The van der Waals surface area contributed by atoms with Crippen LogP contribution in [-0.2, 0) is 19.6 Å². The van der Waals surface area contributed by atoms with Gasteiger partial charge in [0.1, 0.15) is 11.6 Å². The maximum Gasteiger partial charge on any atom is 0.147 e. The average Bonchev–Trinajstić information content (AvgIpc) is 2.92. The lowest BCUT2D eigenvalue weighted by molar-refractivity contribution is 0.239. The number of nitrogens with zero attached hydrogens (tertiary/aromatic N) is 6. The zero-order valence-corrected chi connectivity index (χ0v) is 16.3. The number of nitrogens with two attached hydrogens (primary N) is 1. The van der Waals surface area contributed by atoms with Crippen LogP contribution in [0.1, 0.15) is 49.4 Å². The summed E-state index contributed by atoms with van der Waals surface area (Å²) < 4.78 is 2.31. The summed E-state index contributed by atoms with van der Waals surface area (Å²) in [5.41, 5.74) is 7.12. The van der Waals surface area contributed by atoms with Crippen LogP contribution in [0.2, 0.25) is 0 Å². The molecule has 146 valence electrons. The Bertz CT molecular complexity index is 723. The van der Waals surface area contributed by atoms with Crippen LogP contribution in [-0.4, -0.2) is 61.8 Å². The van der Waals surface area contributed by atoms with E-state index in [0.717, 1.165) is 76.0 Å². The van der Waals surface area contributed by atoms with Gasteiger partial charge in [0, 0.05) is 44.3 Å². The minimum atomic E-state index is 0.344. The molecule has 0 bridgehead atoms. The first-order valence-corrected chi connectivity index (χ1v) is 10.2. The Kier molecular flexibility index (Phi) is 5.80. The van der Waals surface area contributed by atoms with Gasteiger partial charge in [0.15, 0.2) is 0 Å². The van der Waals surface area contributed by atoms with E-state index < -0.39 is 0 Å². The molecule has 1 aliphatic carbocycles. The zero-order chi connectivity index (χ0) is 18.6. The molecule has 2 aliphatic rings. The van der Waals surface area contributed by atoms with E-state index in [9.17, 15) is 0 Å². The lowest BCUT2D eigenvalue weighted by Crippen LogP contribution is -2.36. The maximum atomic E-state index is 5.96. The first-order valence-electron chi connectivity index (χ1n) is 10.2. The number of pyridine rings is 1. The molecule has 0 amide bonds. The van der Waals surface area contributed by atoms with Crippen molar-refractivity contribution < 1.29 is 0 Å². The Morgan fingerprint density at radius 3 is 2.48 bits per heavy atom. The van der Waals surface area contributed by atoms with Crippen molar-refractivity contribution in [3.05, 3.63) is 41.7 Å². The predicted molar refractivity (Wildman–Crippen MR) is 105 cm³/mol. The third-order valence-corrected chi connectivity index (χ3v) is 5.87. The number of hydrogen-bond donors (Lipinski definition) is 1. The first kappa shape index (κ1) is 18.5. The summed E-state index contributed by atoms with van der Waals surface area (Å²) in [6.07, 6.45) is 5.15. The van der Waals surface area contributed by atoms with E-state index in [1.165, 1.54) is 6.42 Å². The van der Waals surface area contributed by atoms with Crippen LogP contribution in [0.4, 0.5) is 0 Å². The van der Waals surface area contributed by atoms with Gasteiger partial charge in [0.25, 0.3) is 0 Å². The van der Waals surface area contributed by atoms with Gasteiger partial charge < -0.3 is 10.3 Å². The Balaban J connectivity index is 1.35. The largest absolute Gasteiger partial charge is 0.328 e. The zero-order valence-electron chi connectivity index (χ0n) is 16.3. The van der Waals surface area contributed by atoms with Crippen molar-refractivity contribution in [2.45, 2.75) is 57.8 Å². The van der Waals surface area contributed by atoms with Crippen molar-refractivity contribution >= 4 is 0 Å². The van der Waals surface area contributed by atoms with Gasteiger partial charge >= 0.3 is 0 Å². The summed E-state index contributed by atoms with van der Waals surface area (Å²) in [5, 5.41) is 9.05. The lowest BCUT2D eigenvalue weighted by atomic mass is 9.80. The van der Waals surface area contributed by atoms with Crippen LogP contribution in [0.25, 0.3) is 0 Å². The monoisotopic (exact) mass is 369 g/mol. The molecule has 0 radical (unpaired) electrons. The van der Waals surface area contributed by atoms with Crippen molar-refractivity contribution in [2.24, 2.45) is 5.73 Å². The quantitative estimate of drug-likeness (QED) is 0.834. The SMILES string of the molecule is CCn1c(CN2CCCN(Cc3ccccn3)CC2)nnc1C1CC(N)C1. The van der Waals surface area contributed by atoms with E-state index in [4.69, 9.17) is 5.73 Å². The Labute approximate surface area is 161 Å². The van der Waals surface area contributed by atoms with E-state index in [1.54, 1.807) is 0 Å². The van der Waals surface area contributed by atoms with Crippen LogP contribution < -0.4 is 5.73 Å². The highest BCUT2D eigenvalue weighted by Crippen LogP contribution is 2.34. The van der Waals surface area contributed by atoms with Crippen molar-refractivity contribution in [1.82, 2.24) is 29.5 Å². The second-order valence-electron chi connectivity index (χ2n) is 7.87. The van der Waals surface area contributed by atoms with Crippen LogP contribution >= 0.6 is 0 Å². The summed E-state index contributed by atoms with van der Waals surface area (Å²) in [5.74, 6) is 2.74. The third-order valence-electron chi connectivity index (χ3n) is 5.87. The van der Waals surface area contributed by atoms with Crippen LogP contribution in [0.3, 0.4) is 0 Å². The molecule has 0 unspecified atom stereocenters. The van der Waals surface area contributed by atoms with Crippen molar-refractivity contribution in [2.75, 3.05) is 26.2 Å². The topological polar surface area (TPSA) is 76.1 Å². The highest BCUT2D eigenvalue weighted by Gasteiger charge is 2.32. The molecule has 0 atom stereocenters. The third kappa shape index (κ3) is 4.36. The molecule has 4 rings (SSSR count). The van der Waals surface area contributed by atoms with Crippen LogP contribution in [0.15, 0.2) is 24.4 Å². The first-order chi connectivity index (χ1) is 13.2. The smallest absolute Gasteiger partial charge is 0.147 e. The van der Waals surface area contributed by atoms with E-state index in [1.807, 2.05) is 12.3 Å². The molecule has 2 fully saturated rings. The molecular formula is C20H31N7. The molecule has 0 aromatic carbocycles. The van der Waals surface area contributed by atoms with E-state index in [2.05, 4.69) is 48.6 Å². The van der Waals surface area contributed by atoms with E-state index >= 15 is 0 Å². The fraction of sp³-hybridized carbons (Fsp3) is 0.650. The molecule has 2 aromatic rings. The Morgan fingerprint density at radius 1 is 1.04 bits per heavy atom. The fourth-order valence-electron chi connectivity index (χ4n) is 4.25. The molecule has 1 saturated heterocycles. The van der Waals surface area contributed by atoms with Gasteiger partial charge in [-0.25, -0.2) is 0 Å². The average molecular weight is 370 g/mol. The molecular weight excluding hydrogens is 338 g/mol. The Morgan fingerprint density at radius 2 is 1.81 bits per heavy atom. The van der Waals surface area contributed by atoms with Gasteiger partial charge in [-0.05, 0) is 51.4 Å². The minimum Gasteiger partial charge on any atom is -0.328 e. The summed E-state index contributed by atoms with van der Waals surface area (Å²) >= 11 is 0. The van der Waals surface area contributed by atoms with Gasteiger partial charge in [-0.2, -0.15) is 0 Å². The van der Waals surface area contributed by atoms with Gasteiger partial charge in [0.05, 0.1) is 12.2 Å². The summed E-state index contributed by atoms with van der Waals surface area (Å²) in [6, 6.07) is 6.50. The highest BCUT2D eigenvalue weighted by atomic mass is 15.3. The van der Waals surface area contributed by atoms with Crippen LogP contribution in [0.5, 0.6) is 0 Å². The van der Waals surface area contributed by atoms with Crippen LogP contribution in [0, 0.1) is 0 Å². The highest BCUT2D eigenvalue weighted by molar-refractivity contribution is 5.09. The van der Waals surface area contributed by atoms with Gasteiger partial charge in [0.2, 0.25) is 0 Å². The molecule has 7 nitrogen and oxygen atoms in total. The standard InChI is InChI=1S/C20H31N7/c1-2-27-19(23-24-20(27)16-12-17(21)13-16)15-26-9-5-8-25(10-11-26)14-18-6-3-4-7-22-18/h3-4,6-7,16-17H,2,5,8-15,21H2,1H3. The lowest BCUT2D eigenvalue weighted by Gasteiger charge is -2.31. The van der Waals surface area contributed by atoms with Gasteiger partial charge in [-0.1, -0.05) is 6.07 Å². The second-order valence-corrected chi connectivity index (χ2v) is 7.87. The molecule has 2 aromatic heterocycles. The minimum absolute atomic E-state index is 0.344. The van der Waals surface area contributed by atoms with E-state index in [0.29, 0.717) is 12.0 Å². The normalized spacial score (nSPS) is 24.5. The summed E-state index contributed by atoms with van der Waals surface area (Å²) in [4.78, 5) is 9.49. The molecule has 1 saturated carbocycles. The second kappa shape index (κ2) is 8.46. The number of aromatic nitrogens is 4. The van der Waals surface area contributed by atoms with Crippen molar-refractivity contribution in [3.63, 3.8) is 0 Å². The molecule has 3 heterocycles. The summed E-state index contributed by atoms with van der Waals surface area (Å²) in [7, 11) is 0. The summed E-state index contributed by atoms with van der Waals surface area (Å²) in [6.45, 7) is 9.31. The molecule has 27 heavy (non-hydrogen) atoms. The molecule has 7 heteroatoms. The maximum absolute atomic E-state index is 5.96. The predicted octanol–water partition coefficient (Wildman–Crippen LogP) is 1.61. The van der Waals surface area contributed by atoms with Gasteiger partial charge in [-0.3, -0.25) is 14.8 Å². The van der Waals surface area contributed by atoms with Gasteiger partial charge in [-0.15, -0.1) is 10.2 Å². The van der Waals surface area contributed by atoms with Crippen molar-refractivity contribution in [3.8, 4) is 0 Å². The molecule has 1 aliphatic heterocycles. The number of rotatable bonds is 6. The van der Waals surface area contributed by atoms with E-state index in [-0.39, 0.29) is 0 Å². The van der Waals surface area contributed by atoms with Crippen molar-refractivity contribution in [1.29, 1.82) is 0 Å². The molecule has 2 N–H and O–H groups in total. The Hall–Kier alpha value is -1.83. The number of hydrogen-bond acceptors (Lipinski definition) is 6. The fourth-order valence-corrected chi connectivity index (χ4v) is 4.25.